The van der Waals surface area contributed by atoms with Crippen LogP contribution in [0.1, 0.15) is 13.3 Å². The fourth-order valence-electron chi connectivity index (χ4n) is 2.15. The van der Waals surface area contributed by atoms with E-state index in [0.29, 0.717) is 16.8 Å². The third-order valence-corrected chi connectivity index (χ3v) is 3.39. The molecule has 0 radical (unpaired) electrons. The van der Waals surface area contributed by atoms with E-state index in [9.17, 15) is 4.39 Å². The maximum absolute atomic E-state index is 13.4. The minimum atomic E-state index is -0.386. The molecular formula is C12H17ClFN3. The molecule has 0 saturated carbocycles. The lowest BCUT2D eigenvalue weighted by Crippen LogP contribution is -2.22. The molecular weight excluding hydrogens is 241 g/mol. The van der Waals surface area contributed by atoms with Crippen molar-refractivity contribution in [2.24, 2.45) is 5.92 Å². The van der Waals surface area contributed by atoms with E-state index < -0.39 is 0 Å². The first-order chi connectivity index (χ1) is 8.19. The van der Waals surface area contributed by atoms with Crippen LogP contribution in [0.5, 0.6) is 0 Å². The lowest BCUT2D eigenvalue weighted by atomic mass is 10.1. The van der Waals surface area contributed by atoms with Crippen LogP contribution in [-0.4, -0.2) is 36.1 Å². The molecule has 5 heteroatoms. The number of nitrogens with zero attached hydrogens (tertiary/aromatic N) is 2. The highest BCUT2D eigenvalue weighted by Gasteiger charge is 2.21. The summed E-state index contributed by atoms with van der Waals surface area (Å²) in [7, 11) is 0. The van der Waals surface area contributed by atoms with Gasteiger partial charge in [0.1, 0.15) is 0 Å². The Hall–Kier alpha value is -0.870. The smallest absolute Gasteiger partial charge is 0.166 e. The molecule has 1 aromatic rings. The van der Waals surface area contributed by atoms with Crippen LogP contribution in [0, 0.1) is 11.7 Å². The van der Waals surface area contributed by atoms with E-state index >= 15 is 0 Å². The van der Waals surface area contributed by atoms with Crippen molar-refractivity contribution in [3.05, 3.63) is 23.1 Å². The summed E-state index contributed by atoms with van der Waals surface area (Å²) in [5.74, 6) is 0.485. The predicted octanol–water partition coefficient (Wildman–Crippen LogP) is 2.63. The molecule has 0 bridgehead atoms. The van der Waals surface area contributed by atoms with Gasteiger partial charge in [0.15, 0.2) is 11.6 Å². The van der Waals surface area contributed by atoms with Crippen molar-refractivity contribution >= 4 is 17.4 Å². The van der Waals surface area contributed by atoms with Crippen LogP contribution in [0.15, 0.2) is 12.3 Å². The van der Waals surface area contributed by atoms with Gasteiger partial charge in [-0.25, -0.2) is 9.37 Å². The molecule has 2 heterocycles. The van der Waals surface area contributed by atoms with Gasteiger partial charge in [-0.15, -0.1) is 0 Å². The van der Waals surface area contributed by atoms with Gasteiger partial charge in [-0.05, 0) is 31.5 Å². The third-order valence-electron chi connectivity index (χ3n) is 3.18. The number of rotatable bonds is 4. The van der Waals surface area contributed by atoms with Gasteiger partial charge >= 0.3 is 0 Å². The molecule has 1 aliphatic rings. The molecule has 1 saturated heterocycles. The van der Waals surface area contributed by atoms with Crippen LogP contribution in [0.4, 0.5) is 10.2 Å². The summed E-state index contributed by atoms with van der Waals surface area (Å²) in [4.78, 5) is 6.35. The zero-order valence-electron chi connectivity index (χ0n) is 9.92. The third kappa shape index (κ3) is 3.30. The van der Waals surface area contributed by atoms with Gasteiger partial charge < -0.3 is 10.2 Å². The number of halogens is 2. The molecule has 1 N–H and O–H groups in total. The molecule has 3 nitrogen and oxygen atoms in total. The molecule has 0 aliphatic carbocycles. The Morgan fingerprint density at radius 2 is 2.47 bits per heavy atom. The number of hydrogen-bond acceptors (Lipinski definition) is 3. The van der Waals surface area contributed by atoms with Gasteiger partial charge in [-0.3, -0.25) is 0 Å². The predicted molar refractivity (Wildman–Crippen MR) is 67.9 cm³/mol. The van der Waals surface area contributed by atoms with Crippen molar-refractivity contribution in [1.29, 1.82) is 0 Å². The number of aromatic nitrogens is 1. The van der Waals surface area contributed by atoms with E-state index in [2.05, 4.69) is 22.1 Å². The second-order valence-electron chi connectivity index (χ2n) is 4.41. The first-order valence-corrected chi connectivity index (χ1v) is 6.34. The standard InChI is InChI=1S/C12H17ClFN3/c1-2-17-4-3-9(8-17)6-15-12-11(14)5-10(13)7-16-12/h5,7,9H,2-4,6,8H2,1H3,(H,15,16). The summed E-state index contributed by atoms with van der Waals surface area (Å²) < 4.78 is 13.4. The van der Waals surface area contributed by atoms with E-state index in [4.69, 9.17) is 11.6 Å². The van der Waals surface area contributed by atoms with E-state index in [1.54, 1.807) is 0 Å². The number of anilines is 1. The summed E-state index contributed by atoms with van der Waals surface area (Å²) in [5.41, 5.74) is 0. The van der Waals surface area contributed by atoms with Crippen LogP contribution in [0.2, 0.25) is 5.02 Å². The zero-order chi connectivity index (χ0) is 12.3. The second-order valence-corrected chi connectivity index (χ2v) is 4.85. The highest BCUT2D eigenvalue weighted by Crippen LogP contribution is 2.19. The monoisotopic (exact) mass is 257 g/mol. The minimum Gasteiger partial charge on any atom is -0.367 e. The molecule has 1 fully saturated rings. The normalized spacial score (nSPS) is 20.8. The summed E-state index contributed by atoms with van der Waals surface area (Å²) in [5, 5.41) is 3.38. The van der Waals surface area contributed by atoms with Crippen LogP contribution < -0.4 is 5.32 Å². The quantitative estimate of drug-likeness (QED) is 0.899. The van der Waals surface area contributed by atoms with Crippen LogP contribution in [0.25, 0.3) is 0 Å². The van der Waals surface area contributed by atoms with Crippen molar-refractivity contribution in [2.45, 2.75) is 13.3 Å². The molecule has 2 rings (SSSR count). The largest absolute Gasteiger partial charge is 0.367 e. The molecule has 1 aliphatic heterocycles. The van der Waals surface area contributed by atoms with Crippen molar-refractivity contribution in [1.82, 2.24) is 9.88 Å². The average Bonchev–Trinajstić information content (AvgIpc) is 2.76. The second kappa shape index (κ2) is 5.65. The average molecular weight is 258 g/mol. The Balaban J connectivity index is 1.86. The Bertz CT molecular complexity index is 386. The Morgan fingerprint density at radius 1 is 1.65 bits per heavy atom. The Morgan fingerprint density at radius 3 is 3.12 bits per heavy atom. The van der Waals surface area contributed by atoms with Crippen molar-refractivity contribution < 1.29 is 4.39 Å². The van der Waals surface area contributed by atoms with Gasteiger partial charge in [0, 0.05) is 19.3 Å². The molecule has 1 atom stereocenters. The molecule has 1 aromatic heterocycles. The molecule has 0 amide bonds. The van der Waals surface area contributed by atoms with E-state index in [1.165, 1.54) is 12.3 Å². The van der Waals surface area contributed by atoms with Gasteiger partial charge in [0.2, 0.25) is 0 Å². The van der Waals surface area contributed by atoms with Crippen molar-refractivity contribution in [2.75, 3.05) is 31.5 Å². The topological polar surface area (TPSA) is 28.2 Å². The SMILES string of the molecule is CCN1CCC(CNc2ncc(Cl)cc2F)C1. The van der Waals surface area contributed by atoms with Gasteiger partial charge in [-0.1, -0.05) is 18.5 Å². The zero-order valence-corrected chi connectivity index (χ0v) is 10.7. The summed E-state index contributed by atoms with van der Waals surface area (Å²) in [6.07, 6.45) is 2.62. The van der Waals surface area contributed by atoms with E-state index in [1.807, 2.05) is 0 Å². The van der Waals surface area contributed by atoms with Gasteiger partial charge in [-0.2, -0.15) is 0 Å². The molecule has 0 aromatic carbocycles. The Kier molecular flexibility index (Phi) is 4.18. The summed E-state index contributed by atoms with van der Waals surface area (Å²) >= 11 is 5.65. The molecule has 17 heavy (non-hydrogen) atoms. The first kappa shape index (κ1) is 12.6. The lowest BCUT2D eigenvalue weighted by molar-refractivity contribution is 0.345. The molecule has 1 unspecified atom stereocenters. The minimum absolute atomic E-state index is 0.296. The first-order valence-electron chi connectivity index (χ1n) is 5.96. The number of nitrogens with one attached hydrogen (secondary N) is 1. The Labute approximate surface area is 106 Å². The van der Waals surface area contributed by atoms with Gasteiger partial charge in [0.05, 0.1) is 5.02 Å². The highest BCUT2D eigenvalue weighted by atomic mass is 35.5. The fourth-order valence-corrected chi connectivity index (χ4v) is 2.30. The fraction of sp³-hybridized carbons (Fsp3) is 0.583. The van der Waals surface area contributed by atoms with Crippen LogP contribution in [0.3, 0.4) is 0 Å². The van der Waals surface area contributed by atoms with Crippen molar-refractivity contribution in [3.63, 3.8) is 0 Å². The molecule has 94 valence electrons. The van der Waals surface area contributed by atoms with Crippen molar-refractivity contribution in [3.8, 4) is 0 Å². The van der Waals surface area contributed by atoms with Gasteiger partial charge in [0.25, 0.3) is 0 Å². The van der Waals surface area contributed by atoms with Crippen LogP contribution in [-0.2, 0) is 0 Å². The molecule has 0 spiro atoms. The summed E-state index contributed by atoms with van der Waals surface area (Å²) in [6.45, 7) is 6.24. The summed E-state index contributed by atoms with van der Waals surface area (Å²) in [6, 6.07) is 1.28. The van der Waals surface area contributed by atoms with E-state index in [-0.39, 0.29) is 5.82 Å². The maximum Gasteiger partial charge on any atom is 0.166 e. The van der Waals surface area contributed by atoms with Crippen LogP contribution >= 0.6 is 11.6 Å². The maximum atomic E-state index is 13.4. The lowest BCUT2D eigenvalue weighted by Gasteiger charge is -2.14. The number of likely N-dealkylation sites (tertiary alicyclic amines) is 1. The number of hydrogen-bond donors (Lipinski definition) is 1. The van der Waals surface area contributed by atoms with E-state index in [0.717, 1.165) is 32.6 Å². The number of pyridine rings is 1. The highest BCUT2D eigenvalue weighted by molar-refractivity contribution is 6.30.